The van der Waals surface area contributed by atoms with Crippen molar-refractivity contribution < 1.29 is 19.5 Å². The minimum Gasteiger partial charge on any atom is -0.478 e. The first-order chi connectivity index (χ1) is 7.77. The molecule has 0 aliphatic rings. The van der Waals surface area contributed by atoms with Crippen molar-refractivity contribution in [2.24, 2.45) is 11.5 Å². The summed E-state index contributed by atoms with van der Waals surface area (Å²) in [5, 5.41) is 7.89. The van der Waals surface area contributed by atoms with E-state index in [1.54, 1.807) is 12.2 Å². The topological polar surface area (TPSA) is 123 Å². The molecule has 5 N–H and O–H groups in total. The maximum atomic E-state index is 10.1. The number of primary amides is 2. The van der Waals surface area contributed by atoms with E-state index in [0.717, 1.165) is 0 Å². The van der Waals surface area contributed by atoms with Gasteiger partial charge in [-0.25, -0.2) is 4.79 Å². The van der Waals surface area contributed by atoms with Crippen molar-refractivity contribution in [3.63, 3.8) is 0 Å². The molecule has 0 atom stereocenters. The Morgan fingerprint density at radius 2 is 1.41 bits per heavy atom. The lowest BCUT2D eigenvalue weighted by atomic mass is 10.3. The fraction of sp³-hybridized carbons (Fsp3) is 0.182. The molecule has 0 unspecified atom stereocenters. The Bertz CT molecular complexity index is 322. The first-order valence-electron chi connectivity index (χ1n) is 4.58. The molecule has 94 valence electrons. The second kappa shape index (κ2) is 10.2. The van der Waals surface area contributed by atoms with Crippen LogP contribution in [0.4, 0.5) is 0 Å². The lowest BCUT2D eigenvalue weighted by Crippen LogP contribution is -2.05. The number of amides is 2. The standard InChI is InChI=1S/C7H10N2O2.C4H6O2/c8-6(10)4-2-1-3-5-7(9)11;1-3(2)4(5)6/h2-5H,1H2,(H2,8,10)(H2,9,11);1H2,2H3,(H,5,6). The van der Waals surface area contributed by atoms with Crippen LogP contribution < -0.4 is 11.5 Å². The third kappa shape index (κ3) is 19.9. The number of allylic oxidation sites excluding steroid dienone is 2. The van der Waals surface area contributed by atoms with E-state index >= 15 is 0 Å². The van der Waals surface area contributed by atoms with E-state index in [1.807, 2.05) is 0 Å². The van der Waals surface area contributed by atoms with Crippen LogP contribution in [0.3, 0.4) is 0 Å². The van der Waals surface area contributed by atoms with Crippen LogP contribution in [0.1, 0.15) is 13.3 Å². The second-order valence-corrected chi connectivity index (χ2v) is 2.93. The molecular formula is C11H16N2O4. The summed E-state index contributed by atoms with van der Waals surface area (Å²) in [6.45, 7) is 4.60. The molecule has 0 heterocycles. The number of carboxylic acid groups (broad SMARTS) is 1. The summed E-state index contributed by atoms with van der Waals surface area (Å²) in [6, 6.07) is 0. The van der Waals surface area contributed by atoms with Gasteiger partial charge in [-0.05, 0) is 25.5 Å². The van der Waals surface area contributed by atoms with Crippen molar-refractivity contribution in [3.05, 3.63) is 36.5 Å². The fourth-order valence-corrected chi connectivity index (χ4v) is 0.447. The smallest absolute Gasteiger partial charge is 0.330 e. The normalized spacial score (nSPS) is 9.71. The number of carbonyl (C=O) groups is 3. The predicted octanol–water partition coefficient (Wildman–Crippen LogP) is 0.107. The lowest BCUT2D eigenvalue weighted by molar-refractivity contribution is -0.132. The molecule has 2 amide bonds. The van der Waals surface area contributed by atoms with Crippen molar-refractivity contribution in [3.8, 4) is 0 Å². The molecule has 0 bridgehead atoms. The minimum absolute atomic E-state index is 0.176. The number of carboxylic acids is 1. The number of nitrogens with two attached hydrogens (primary N) is 2. The largest absolute Gasteiger partial charge is 0.478 e. The van der Waals surface area contributed by atoms with Gasteiger partial charge in [-0.15, -0.1) is 0 Å². The van der Waals surface area contributed by atoms with Gasteiger partial charge in [-0.3, -0.25) is 9.59 Å². The van der Waals surface area contributed by atoms with Gasteiger partial charge in [-0.2, -0.15) is 0 Å². The van der Waals surface area contributed by atoms with E-state index < -0.39 is 17.8 Å². The summed E-state index contributed by atoms with van der Waals surface area (Å²) in [5.74, 6) is -1.94. The first kappa shape index (κ1) is 17.0. The van der Waals surface area contributed by atoms with E-state index in [9.17, 15) is 14.4 Å². The predicted molar refractivity (Wildman–Crippen MR) is 63.7 cm³/mol. The lowest BCUT2D eigenvalue weighted by Gasteiger charge is -1.80. The summed E-state index contributed by atoms with van der Waals surface area (Å²) >= 11 is 0. The highest BCUT2D eigenvalue weighted by Gasteiger charge is 1.90. The third-order valence-corrected chi connectivity index (χ3v) is 1.20. The zero-order chi connectivity index (χ0) is 13.8. The van der Waals surface area contributed by atoms with Crippen LogP contribution in [0.15, 0.2) is 36.5 Å². The summed E-state index contributed by atoms with van der Waals surface area (Å²) in [4.78, 5) is 29.8. The Morgan fingerprint density at radius 3 is 1.59 bits per heavy atom. The fourth-order valence-electron chi connectivity index (χ4n) is 0.447. The molecule has 0 aromatic rings. The molecule has 0 aliphatic heterocycles. The summed E-state index contributed by atoms with van der Waals surface area (Å²) in [7, 11) is 0. The third-order valence-electron chi connectivity index (χ3n) is 1.20. The Kier molecular flexibility index (Phi) is 10.2. The molecule has 0 rings (SSSR count). The van der Waals surface area contributed by atoms with E-state index in [0.29, 0.717) is 6.42 Å². The maximum Gasteiger partial charge on any atom is 0.330 e. The molecule has 6 heteroatoms. The van der Waals surface area contributed by atoms with Gasteiger partial charge < -0.3 is 16.6 Å². The van der Waals surface area contributed by atoms with Crippen molar-refractivity contribution in [1.82, 2.24) is 0 Å². The summed E-state index contributed by atoms with van der Waals surface area (Å²) in [6.07, 6.45) is 6.02. The van der Waals surface area contributed by atoms with E-state index in [1.165, 1.54) is 19.1 Å². The van der Waals surface area contributed by atoms with E-state index in [-0.39, 0.29) is 5.57 Å². The van der Waals surface area contributed by atoms with Crippen LogP contribution in [0.2, 0.25) is 0 Å². The average molecular weight is 240 g/mol. The SMILES string of the molecule is C=C(C)C(=O)O.NC(=O)C=CCC=CC(N)=O. The first-order valence-corrected chi connectivity index (χ1v) is 4.58. The van der Waals surface area contributed by atoms with Crippen LogP contribution in [0.25, 0.3) is 0 Å². The number of carbonyl (C=O) groups excluding carboxylic acids is 2. The van der Waals surface area contributed by atoms with Crippen LogP contribution >= 0.6 is 0 Å². The number of hydrogen-bond acceptors (Lipinski definition) is 3. The molecule has 0 saturated carbocycles. The van der Waals surface area contributed by atoms with Gasteiger partial charge in [0.1, 0.15) is 0 Å². The number of rotatable bonds is 5. The molecule has 0 fully saturated rings. The number of aliphatic carboxylic acids is 1. The molecule has 17 heavy (non-hydrogen) atoms. The second-order valence-electron chi connectivity index (χ2n) is 2.93. The van der Waals surface area contributed by atoms with Gasteiger partial charge in [-0.1, -0.05) is 18.7 Å². The summed E-state index contributed by atoms with van der Waals surface area (Å²) < 4.78 is 0. The van der Waals surface area contributed by atoms with Gasteiger partial charge in [0, 0.05) is 5.57 Å². The highest BCUT2D eigenvalue weighted by molar-refractivity contribution is 5.86. The van der Waals surface area contributed by atoms with Crippen molar-refractivity contribution in [2.45, 2.75) is 13.3 Å². The number of hydrogen-bond donors (Lipinski definition) is 3. The van der Waals surface area contributed by atoms with E-state index in [4.69, 9.17) is 16.6 Å². The molecule has 0 spiro atoms. The minimum atomic E-state index is -0.935. The molecule has 6 nitrogen and oxygen atoms in total. The molecule has 0 radical (unpaired) electrons. The monoisotopic (exact) mass is 240 g/mol. The van der Waals surface area contributed by atoms with Crippen molar-refractivity contribution in [2.75, 3.05) is 0 Å². The highest BCUT2D eigenvalue weighted by Crippen LogP contribution is 1.84. The van der Waals surface area contributed by atoms with Crippen molar-refractivity contribution in [1.29, 1.82) is 0 Å². The van der Waals surface area contributed by atoms with Gasteiger partial charge in [0.2, 0.25) is 11.8 Å². The molecule has 0 saturated heterocycles. The zero-order valence-electron chi connectivity index (χ0n) is 9.55. The Hall–Kier alpha value is -2.37. The zero-order valence-corrected chi connectivity index (χ0v) is 9.55. The van der Waals surface area contributed by atoms with Crippen LogP contribution in [0, 0.1) is 0 Å². The maximum absolute atomic E-state index is 10.1. The molecule has 0 aromatic heterocycles. The molecule has 0 aromatic carbocycles. The van der Waals surface area contributed by atoms with Gasteiger partial charge >= 0.3 is 5.97 Å². The Morgan fingerprint density at radius 1 is 1.12 bits per heavy atom. The quantitative estimate of drug-likeness (QED) is 0.590. The highest BCUT2D eigenvalue weighted by atomic mass is 16.4. The van der Waals surface area contributed by atoms with Crippen molar-refractivity contribution >= 4 is 17.8 Å². The van der Waals surface area contributed by atoms with Gasteiger partial charge in [0.05, 0.1) is 0 Å². The van der Waals surface area contributed by atoms with Crippen LogP contribution in [-0.4, -0.2) is 22.9 Å². The van der Waals surface area contributed by atoms with Gasteiger partial charge in [0.15, 0.2) is 0 Å². The van der Waals surface area contributed by atoms with Crippen LogP contribution in [0.5, 0.6) is 0 Å². The summed E-state index contributed by atoms with van der Waals surface area (Å²) in [5.41, 5.74) is 9.76. The van der Waals surface area contributed by atoms with Gasteiger partial charge in [0.25, 0.3) is 0 Å². The molecule has 0 aliphatic carbocycles. The average Bonchev–Trinajstić information content (AvgIpc) is 2.17. The van der Waals surface area contributed by atoms with Crippen LogP contribution in [-0.2, 0) is 14.4 Å². The Labute approximate surface area is 99.3 Å². The Balaban J connectivity index is 0. The van der Waals surface area contributed by atoms with E-state index in [2.05, 4.69) is 6.58 Å². The molecular weight excluding hydrogens is 224 g/mol.